The van der Waals surface area contributed by atoms with Crippen molar-refractivity contribution in [2.45, 2.75) is 25.0 Å². The Morgan fingerprint density at radius 1 is 1.06 bits per heavy atom. The summed E-state index contributed by atoms with van der Waals surface area (Å²) in [6.07, 6.45) is 0. The highest BCUT2D eigenvalue weighted by atomic mass is 32.2. The molecule has 0 aliphatic carbocycles. The number of nitrogens with one attached hydrogen (secondary N) is 1. The van der Waals surface area contributed by atoms with Gasteiger partial charge in [0.15, 0.2) is 4.21 Å². The number of ether oxygens (including phenoxy) is 2. The molecule has 1 heterocycles. The van der Waals surface area contributed by atoms with E-state index in [1.54, 1.807) is 17.0 Å². The van der Waals surface area contributed by atoms with Crippen LogP contribution in [0.1, 0.15) is 49.8 Å². The molecule has 168 valence electrons. The number of nitrogens with zero attached hydrogens (tertiary/aromatic N) is 1. The third-order valence-electron chi connectivity index (χ3n) is 4.53. The van der Waals surface area contributed by atoms with E-state index in [0.717, 1.165) is 14.2 Å². The molecule has 0 atom stereocenters. The summed E-state index contributed by atoms with van der Waals surface area (Å²) in [6.45, 7) is 6.16. The van der Waals surface area contributed by atoms with E-state index >= 15 is 0 Å². The Bertz CT molecular complexity index is 1100. The fourth-order valence-electron chi connectivity index (χ4n) is 2.91. The Balaban J connectivity index is 2.50. The van der Waals surface area contributed by atoms with Crippen LogP contribution in [0.25, 0.3) is 0 Å². The van der Waals surface area contributed by atoms with Gasteiger partial charge in [-0.1, -0.05) is 6.07 Å². The lowest BCUT2D eigenvalue weighted by atomic mass is 10.2. The van der Waals surface area contributed by atoms with E-state index in [2.05, 4.69) is 9.46 Å². The first-order valence-electron chi connectivity index (χ1n) is 9.33. The third kappa shape index (κ3) is 5.05. The minimum Gasteiger partial charge on any atom is -0.465 e. The molecule has 0 unspecified atom stereocenters. The standard InChI is InChI=1S/C20H24N2O7S2/c1-6-22(7-2)17(23)13-9-8-10-14(11-13)21-31(26,27)20-15(18(24)28-4)12(3)16(30-20)19(25)29-5/h8-11,21H,6-7H2,1-5H3. The molecule has 1 aromatic carbocycles. The van der Waals surface area contributed by atoms with Crippen molar-refractivity contribution in [1.82, 2.24) is 4.90 Å². The molecule has 1 aromatic heterocycles. The highest BCUT2D eigenvalue weighted by molar-refractivity contribution is 7.94. The lowest BCUT2D eigenvalue weighted by Crippen LogP contribution is -2.30. The first-order valence-corrected chi connectivity index (χ1v) is 11.6. The number of amides is 1. The van der Waals surface area contributed by atoms with Gasteiger partial charge in [-0.15, -0.1) is 11.3 Å². The SMILES string of the molecule is CCN(CC)C(=O)c1cccc(NS(=O)(=O)c2sc(C(=O)OC)c(C)c2C(=O)OC)c1. The summed E-state index contributed by atoms with van der Waals surface area (Å²) in [5, 5.41) is 0. The molecule has 0 bridgehead atoms. The van der Waals surface area contributed by atoms with E-state index in [0.29, 0.717) is 30.0 Å². The molecular formula is C20H24N2O7S2. The zero-order valence-electron chi connectivity index (χ0n) is 17.8. The summed E-state index contributed by atoms with van der Waals surface area (Å²) in [7, 11) is -2.01. The number of esters is 2. The van der Waals surface area contributed by atoms with Gasteiger partial charge in [0.2, 0.25) is 0 Å². The molecule has 11 heteroatoms. The Labute approximate surface area is 185 Å². The zero-order valence-corrected chi connectivity index (χ0v) is 19.5. The molecule has 0 fully saturated rings. The van der Waals surface area contributed by atoms with Crippen molar-refractivity contribution in [2.24, 2.45) is 0 Å². The Morgan fingerprint density at radius 3 is 2.23 bits per heavy atom. The van der Waals surface area contributed by atoms with Crippen LogP contribution in [0.3, 0.4) is 0 Å². The van der Waals surface area contributed by atoms with Crippen LogP contribution >= 0.6 is 11.3 Å². The largest absolute Gasteiger partial charge is 0.465 e. The number of anilines is 1. The minimum absolute atomic E-state index is 0.0197. The third-order valence-corrected chi connectivity index (χ3v) is 7.70. The summed E-state index contributed by atoms with van der Waals surface area (Å²) in [5.74, 6) is -1.89. The van der Waals surface area contributed by atoms with Crippen LogP contribution in [0.2, 0.25) is 0 Å². The Morgan fingerprint density at radius 2 is 1.68 bits per heavy atom. The molecule has 1 amide bonds. The molecule has 1 N–H and O–H groups in total. The molecule has 0 aliphatic rings. The van der Waals surface area contributed by atoms with Crippen LogP contribution < -0.4 is 4.72 Å². The molecular weight excluding hydrogens is 444 g/mol. The number of hydrogen-bond acceptors (Lipinski definition) is 8. The number of hydrogen-bond donors (Lipinski definition) is 1. The van der Waals surface area contributed by atoms with Crippen LogP contribution in [0.4, 0.5) is 5.69 Å². The smallest absolute Gasteiger partial charge is 0.348 e. The maximum absolute atomic E-state index is 13.1. The second-order valence-electron chi connectivity index (χ2n) is 6.37. The first kappa shape index (κ1) is 24.4. The quantitative estimate of drug-likeness (QED) is 0.592. The van der Waals surface area contributed by atoms with E-state index in [9.17, 15) is 22.8 Å². The lowest BCUT2D eigenvalue weighted by Gasteiger charge is -2.19. The van der Waals surface area contributed by atoms with E-state index in [1.165, 1.54) is 19.1 Å². The van der Waals surface area contributed by atoms with Gasteiger partial charge in [-0.3, -0.25) is 9.52 Å². The first-order chi connectivity index (χ1) is 14.6. The maximum Gasteiger partial charge on any atom is 0.348 e. The highest BCUT2D eigenvalue weighted by Crippen LogP contribution is 2.34. The van der Waals surface area contributed by atoms with Crippen molar-refractivity contribution >= 4 is 44.9 Å². The number of methoxy groups -OCH3 is 2. The summed E-state index contributed by atoms with van der Waals surface area (Å²) >= 11 is 0.610. The van der Waals surface area contributed by atoms with E-state index in [4.69, 9.17) is 4.74 Å². The summed E-state index contributed by atoms with van der Waals surface area (Å²) < 4.78 is 37.6. The fourth-order valence-corrected chi connectivity index (χ4v) is 5.71. The fraction of sp³-hybridized carbons (Fsp3) is 0.350. The predicted octanol–water partition coefficient (Wildman–Crippen LogP) is 2.91. The Hall–Kier alpha value is -2.92. The van der Waals surface area contributed by atoms with E-state index in [-0.39, 0.29) is 31.8 Å². The average molecular weight is 469 g/mol. The second-order valence-corrected chi connectivity index (χ2v) is 9.26. The zero-order chi connectivity index (χ0) is 23.3. The molecule has 0 spiro atoms. The van der Waals surface area contributed by atoms with Gasteiger partial charge in [-0.2, -0.15) is 0 Å². The molecule has 0 saturated heterocycles. The van der Waals surface area contributed by atoms with Crippen molar-refractivity contribution in [3.63, 3.8) is 0 Å². The van der Waals surface area contributed by atoms with Gasteiger partial charge in [-0.05, 0) is 44.5 Å². The number of sulfonamides is 1. The maximum atomic E-state index is 13.1. The number of benzene rings is 1. The summed E-state index contributed by atoms with van der Waals surface area (Å²) in [6, 6.07) is 6.03. The Kier molecular flexibility index (Phi) is 7.80. The van der Waals surface area contributed by atoms with E-state index < -0.39 is 22.0 Å². The van der Waals surface area contributed by atoms with Crippen LogP contribution in [-0.4, -0.2) is 58.5 Å². The van der Waals surface area contributed by atoms with Crippen LogP contribution in [0.15, 0.2) is 28.5 Å². The van der Waals surface area contributed by atoms with Gasteiger partial charge in [0.25, 0.3) is 15.9 Å². The van der Waals surface area contributed by atoms with Gasteiger partial charge in [0, 0.05) is 24.3 Å². The van der Waals surface area contributed by atoms with Crippen LogP contribution in [0, 0.1) is 6.92 Å². The summed E-state index contributed by atoms with van der Waals surface area (Å²) in [5.41, 5.74) is 0.361. The number of rotatable bonds is 8. The highest BCUT2D eigenvalue weighted by Gasteiger charge is 2.32. The van der Waals surface area contributed by atoms with Gasteiger partial charge < -0.3 is 14.4 Å². The van der Waals surface area contributed by atoms with Crippen molar-refractivity contribution in [1.29, 1.82) is 0 Å². The normalized spacial score (nSPS) is 11.0. The van der Waals surface area contributed by atoms with Crippen LogP contribution in [0.5, 0.6) is 0 Å². The molecule has 2 rings (SSSR count). The van der Waals surface area contributed by atoms with Gasteiger partial charge >= 0.3 is 11.9 Å². The molecule has 9 nitrogen and oxygen atoms in total. The predicted molar refractivity (Wildman–Crippen MR) is 116 cm³/mol. The monoisotopic (exact) mass is 468 g/mol. The second kappa shape index (κ2) is 9.92. The van der Waals surface area contributed by atoms with Gasteiger partial charge in [-0.25, -0.2) is 18.0 Å². The summed E-state index contributed by atoms with van der Waals surface area (Å²) in [4.78, 5) is 38.4. The lowest BCUT2D eigenvalue weighted by molar-refractivity contribution is 0.0596. The van der Waals surface area contributed by atoms with E-state index in [1.807, 2.05) is 13.8 Å². The molecule has 0 aliphatic heterocycles. The van der Waals surface area contributed by atoms with Crippen molar-refractivity contribution in [2.75, 3.05) is 32.0 Å². The van der Waals surface area contributed by atoms with Crippen molar-refractivity contribution in [3.8, 4) is 0 Å². The number of carbonyl (C=O) groups is 3. The molecule has 0 radical (unpaired) electrons. The average Bonchev–Trinajstić information content (AvgIpc) is 3.11. The minimum atomic E-state index is -4.28. The van der Waals surface area contributed by atoms with Gasteiger partial charge in [0.05, 0.1) is 19.8 Å². The molecule has 2 aromatic rings. The van der Waals surface area contributed by atoms with Crippen molar-refractivity contribution < 1.29 is 32.3 Å². The molecule has 0 saturated carbocycles. The van der Waals surface area contributed by atoms with Crippen LogP contribution in [-0.2, 0) is 19.5 Å². The van der Waals surface area contributed by atoms with Crippen molar-refractivity contribution in [3.05, 3.63) is 45.8 Å². The molecule has 31 heavy (non-hydrogen) atoms. The van der Waals surface area contributed by atoms with Gasteiger partial charge in [0.1, 0.15) is 4.88 Å². The number of thiophene rings is 1. The topological polar surface area (TPSA) is 119 Å². The number of carbonyl (C=O) groups excluding carboxylic acids is 3.